The molecule has 1 saturated heterocycles. The van der Waals surface area contributed by atoms with Gasteiger partial charge in [0.1, 0.15) is 6.04 Å². The maximum atomic E-state index is 12.6. The minimum atomic E-state index is -1.02. The molecule has 1 aromatic heterocycles. The van der Waals surface area contributed by atoms with E-state index in [2.05, 4.69) is 20.2 Å². The quantitative estimate of drug-likeness (QED) is 0.795. The summed E-state index contributed by atoms with van der Waals surface area (Å²) in [6, 6.07) is 10.3. The number of rotatable bonds is 6. The first kappa shape index (κ1) is 19.8. The molecule has 28 heavy (non-hydrogen) atoms. The number of anilines is 1. The van der Waals surface area contributed by atoms with E-state index in [0.717, 1.165) is 17.0 Å². The van der Waals surface area contributed by atoms with Gasteiger partial charge in [-0.25, -0.2) is 14.8 Å². The monoisotopic (exact) mass is 382 g/mol. The fraction of sp³-hybridized carbons (Fsp3) is 0.429. The summed E-state index contributed by atoms with van der Waals surface area (Å²) in [5, 5.41) is 12.2. The Labute approximate surface area is 164 Å². The van der Waals surface area contributed by atoms with Gasteiger partial charge in [0, 0.05) is 36.8 Å². The van der Waals surface area contributed by atoms with Gasteiger partial charge in [0.05, 0.1) is 0 Å². The van der Waals surface area contributed by atoms with E-state index >= 15 is 0 Å². The van der Waals surface area contributed by atoms with Crippen molar-refractivity contribution in [3.63, 3.8) is 0 Å². The number of benzene rings is 1. The van der Waals surface area contributed by atoms with Crippen molar-refractivity contribution in [1.29, 1.82) is 0 Å². The molecule has 0 spiro atoms. The highest BCUT2D eigenvalue weighted by Gasteiger charge is 2.29. The average Bonchev–Trinajstić information content (AvgIpc) is 2.67. The number of hydrogen-bond donors (Lipinski definition) is 2. The van der Waals surface area contributed by atoms with Crippen LogP contribution < -0.4 is 10.2 Å². The molecule has 0 bridgehead atoms. The van der Waals surface area contributed by atoms with Crippen LogP contribution in [0, 0.1) is 19.8 Å². The van der Waals surface area contributed by atoms with Crippen molar-refractivity contribution >= 4 is 17.8 Å². The molecule has 2 N–H and O–H groups in total. The molecule has 1 aliphatic rings. The fourth-order valence-electron chi connectivity index (χ4n) is 3.53. The number of carboxylic acids is 1. The van der Waals surface area contributed by atoms with Crippen LogP contribution in [0.4, 0.5) is 5.95 Å². The van der Waals surface area contributed by atoms with E-state index in [1.807, 2.05) is 50.2 Å². The zero-order valence-corrected chi connectivity index (χ0v) is 16.3. The molecule has 3 rings (SSSR count). The molecule has 1 aromatic carbocycles. The van der Waals surface area contributed by atoms with E-state index in [1.165, 1.54) is 0 Å². The van der Waals surface area contributed by atoms with Gasteiger partial charge in [-0.05, 0) is 38.3 Å². The number of aromatic nitrogens is 2. The molecule has 2 heterocycles. The van der Waals surface area contributed by atoms with Crippen LogP contribution in [-0.4, -0.2) is 46.1 Å². The second-order valence-corrected chi connectivity index (χ2v) is 7.30. The summed E-state index contributed by atoms with van der Waals surface area (Å²) >= 11 is 0. The molecule has 0 radical (unpaired) electrons. The summed E-state index contributed by atoms with van der Waals surface area (Å²) in [6.07, 6.45) is 1.58. The van der Waals surface area contributed by atoms with Gasteiger partial charge in [-0.15, -0.1) is 0 Å². The number of carboxylic acid groups (broad SMARTS) is 1. The lowest BCUT2D eigenvalue weighted by Crippen LogP contribution is -2.47. The Balaban J connectivity index is 1.57. The van der Waals surface area contributed by atoms with Crippen LogP contribution in [0.2, 0.25) is 0 Å². The first-order chi connectivity index (χ1) is 13.4. The van der Waals surface area contributed by atoms with Gasteiger partial charge in [-0.3, -0.25) is 4.79 Å². The zero-order chi connectivity index (χ0) is 20.1. The largest absolute Gasteiger partial charge is 0.480 e. The van der Waals surface area contributed by atoms with Crippen molar-refractivity contribution in [2.24, 2.45) is 5.92 Å². The Morgan fingerprint density at radius 1 is 1.14 bits per heavy atom. The first-order valence-corrected chi connectivity index (χ1v) is 9.56. The number of hydrogen-bond acceptors (Lipinski definition) is 5. The summed E-state index contributed by atoms with van der Waals surface area (Å²) in [6.45, 7) is 5.24. The maximum Gasteiger partial charge on any atom is 0.326 e. The van der Waals surface area contributed by atoms with Crippen molar-refractivity contribution in [1.82, 2.24) is 15.3 Å². The highest BCUT2D eigenvalue weighted by Crippen LogP contribution is 2.21. The highest BCUT2D eigenvalue weighted by atomic mass is 16.4. The molecular formula is C21H26N4O3. The van der Waals surface area contributed by atoms with Crippen molar-refractivity contribution in [3.8, 4) is 0 Å². The predicted molar refractivity (Wildman–Crippen MR) is 106 cm³/mol. The number of nitrogens with zero attached hydrogens (tertiary/aromatic N) is 3. The highest BCUT2D eigenvalue weighted by molar-refractivity contribution is 5.85. The second-order valence-electron chi connectivity index (χ2n) is 7.30. The standard InChI is InChI=1S/C21H26N4O3/c1-14-12-15(2)23-21(22-14)25-10-8-17(9-11-25)19(26)24-18(20(27)28)13-16-6-4-3-5-7-16/h3-7,12,17-18H,8-11,13H2,1-2H3,(H,24,26)(H,27,28). The molecule has 1 amide bonds. The van der Waals surface area contributed by atoms with Gasteiger partial charge in [-0.1, -0.05) is 30.3 Å². The Bertz CT molecular complexity index is 813. The van der Waals surface area contributed by atoms with E-state index in [4.69, 9.17) is 0 Å². The molecule has 0 aliphatic carbocycles. The molecule has 0 saturated carbocycles. The van der Waals surface area contributed by atoms with Gasteiger partial charge in [-0.2, -0.15) is 0 Å². The SMILES string of the molecule is Cc1cc(C)nc(N2CCC(C(=O)NC(Cc3ccccc3)C(=O)O)CC2)n1. The number of carbonyl (C=O) groups excluding carboxylic acids is 1. The summed E-state index contributed by atoms with van der Waals surface area (Å²) in [5.41, 5.74) is 2.73. The molecule has 148 valence electrons. The van der Waals surface area contributed by atoms with Gasteiger partial charge >= 0.3 is 5.97 Å². The van der Waals surface area contributed by atoms with Crippen molar-refractivity contribution < 1.29 is 14.7 Å². The van der Waals surface area contributed by atoms with Crippen LogP contribution in [0.15, 0.2) is 36.4 Å². The predicted octanol–water partition coefficient (Wildman–Crippen LogP) is 2.12. The minimum Gasteiger partial charge on any atom is -0.480 e. The summed E-state index contributed by atoms with van der Waals surface area (Å²) in [4.78, 5) is 35.3. The molecule has 2 aromatic rings. The third-order valence-electron chi connectivity index (χ3n) is 5.02. The number of nitrogens with one attached hydrogen (secondary N) is 1. The number of piperidine rings is 1. The third kappa shape index (κ3) is 5.06. The topological polar surface area (TPSA) is 95.4 Å². The van der Waals surface area contributed by atoms with Crippen LogP contribution >= 0.6 is 0 Å². The van der Waals surface area contributed by atoms with Crippen molar-refractivity contribution in [2.45, 2.75) is 39.2 Å². The number of aliphatic carboxylic acids is 1. The minimum absolute atomic E-state index is 0.190. The molecular weight excluding hydrogens is 356 g/mol. The molecule has 1 aliphatic heterocycles. The van der Waals surface area contributed by atoms with Crippen molar-refractivity contribution in [2.75, 3.05) is 18.0 Å². The summed E-state index contributed by atoms with van der Waals surface area (Å²) in [5.74, 6) is -0.703. The fourth-order valence-corrected chi connectivity index (χ4v) is 3.53. The van der Waals surface area contributed by atoms with Gasteiger partial charge in [0.15, 0.2) is 0 Å². The number of aryl methyl sites for hydroxylation is 2. The summed E-state index contributed by atoms with van der Waals surface area (Å²) in [7, 11) is 0. The van der Waals surface area contributed by atoms with Crippen molar-refractivity contribution in [3.05, 3.63) is 53.3 Å². The first-order valence-electron chi connectivity index (χ1n) is 9.56. The Kier molecular flexibility index (Phi) is 6.23. The lowest BCUT2D eigenvalue weighted by atomic mass is 9.95. The molecule has 7 heteroatoms. The molecule has 1 unspecified atom stereocenters. The Hall–Kier alpha value is -2.96. The van der Waals surface area contributed by atoms with E-state index in [9.17, 15) is 14.7 Å². The molecule has 1 fully saturated rings. The maximum absolute atomic E-state index is 12.6. The van der Waals surface area contributed by atoms with Crippen LogP contribution in [-0.2, 0) is 16.0 Å². The van der Waals surface area contributed by atoms with E-state index in [0.29, 0.717) is 31.9 Å². The molecule has 7 nitrogen and oxygen atoms in total. The Morgan fingerprint density at radius 2 is 1.75 bits per heavy atom. The van der Waals surface area contributed by atoms with E-state index in [1.54, 1.807) is 0 Å². The Morgan fingerprint density at radius 3 is 2.32 bits per heavy atom. The number of carbonyl (C=O) groups is 2. The van der Waals surface area contributed by atoms with Gasteiger partial charge in [0.2, 0.25) is 11.9 Å². The van der Waals surface area contributed by atoms with Gasteiger partial charge in [0.25, 0.3) is 0 Å². The average molecular weight is 382 g/mol. The van der Waals surface area contributed by atoms with E-state index in [-0.39, 0.29) is 18.2 Å². The second kappa shape index (κ2) is 8.82. The van der Waals surface area contributed by atoms with E-state index < -0.39 is 12.0 Å². The lowest BCUT2D eigenvalue weighted by molar-refractivity contribution is -0.142. The van der Waals surface area contributed by atoms with Crippen LogP contribution in [0.1, 0.15) is 29.8 Å². The normalized spacial score (nSPS) is 15.9. The lowest BCUT2D eigenvalue weighted by Gasteiger charge is -2.32. The van der Waals surface area contributed by atoms with Gasteiger partial charge < -0.3 is 15.3 Å². The van der Waals surface area contributed by atoms with Crippen LogP contribution in [0.25, 0.3) is 0 Å². The number of amides is 1. The van der Waals surface area contributed by atoms with Crippen LogP contribution in [0.3, 0.4) is 0 Å². The zero-order valence-electron chi connectivity index (χ0n) is 16.3. The smallest absolute Gasteiger partial charge is 0.326 e. The molecule has 1 atom stereocenters. The summed E-state index contributed by atoms with van der Waals surface area (Å²) < 4.78 is 0. The third-order valence-corrected chi connectivity index (χ3v) is 5.02. The van der Waals surface area contributed by atoms with Crippen LogP contribution in [0.5, 0.6) is 0 Å².